The highest BCUT2D eigenvalue weighted by Gasteiger charge is 2.12. The number of nitrogens with zero attached hydrogens (tertiary/aromatic N) is 1. The maximum atomic E-state index is 12.2. The molecule has 0 atom stereocenters. The predicted octanol–water partition coefficient (Wildman–Crippen LogP) is 4.24. The molecule has 0 saturated heterocycles. The molecule has 0 aliphatic heterocycles. The molecule has 0 fully saturated rings. The zero-order valence-corrected chi connectivity index (χ0v) is 15.1. The molecule has 8 heteroatoms. The topological polar surface area (TPSA) is 91.2 Å². The summed E-state index contributed by atoms with van der Waals surface area (Å²) in [5.74, 6) is -1.10. The fourth-order valence-corrected chi connectivity index (χ4v) is 2.24. The van der Waals surface area contributed by atoms with E-state index in [0.29, 0.717) is 27.0 Å². The monoisotopic (exact) mass is 389 g/mol. The molecule has 0 radical (unpaired) electrons. The third-order valence-electron chi connectivity index (χ3n) is 3.23. The first kappa shape index (κ1) is 19.3. The average molecular weight is 390 g/mol. The Morgan fingerprint density at radius 1 is 1.15 bits per heavy atom. The van der Waals surface area contributed by atoms with Crippen LogP contribution in [0.1, 0.15) is 10.4 Å². The lowest BCUT2D eigenvalue weighted by Gasteiger charge is -2.07. The number of nitrogens with one attached hydrogen (secondary N) is 2. The van der Waals surface area contributed by atoms with Crippen molar-refractivity contribution in [3.8, 4) is 6.07 Å². The third kappa shape index (κ3) is 4.99. The number of halogens is 2. The number of rotatable bonds is 5. The zero-order valence-electron chi connectivity index (χ0n) is 13.5. The van der Waals surface area contributed by atoms with Crippen molar-refractivity contribution < 1.29 is 14.3 Å². The standard InChI is InChI=1S/C18H13Cl2N3O3/c1-26-18(25)11-2-5-14(6-3-11)22-10-12(9-21)17(24)23-16-8-13(19)4-7-15(16)20/h2-8,10,22H,1H3,(H,23,24)/b12-10-. The molecule has 132 valence electrons. The van der Waals surface area contributed by atoms with Crippen molar-refractivity contribution in [2.24, 2.45) is 0 Å². The van der Waals surface area contributed by atoms with Crippen LogP contribution in [0.25, 0.3) is 0 Å². The van der Waals surface area contributed by atoms with Crippen molar-refractivity contribution in [1.29, 1.82) is 5.26 Å². The second-order valence-corrected chi connectivity index (χ2v) is 5.81. The zero-order chi connectivity index (χ0) is 19.1. The normalized spacial score (nSPS) is 10.6. The third-order valence-corrected chi connectivity index (χ3v) is 3.80. The second kappa shape index (κ2) is 8.90. The van der Waals surface area contributed by atoms with Gasteiger partial charge in [0.05, 0.1) is 23.4 Å². The summed E-state index contributed by atoms with van der Waals surface area (Å²) in [5.41, 5.74) is 1.10. The molecule has 0 bridgehead atoms. The van der Waals surface area contributed by atoms with Gasteiger partial charge in [-0.25, -0.2) is 4.79 Å². The van der Waals surface area contributed by atoms with E-state index in [1.54, 1.807) is 36.4 Å². The minimum Gasteiger partial charge on any atom is -0.465 e. The summed E-state index contributed by atoms with van der Waals surface area (Å²) in [6.45, 7) is 0. The second-order valence-electron chi connectivity index (χ2n) is 4.96. The highest BCUT2D eigenvalue weighted by Crippen LogP contribution is 2.25. The Kier molecular flexibility index (Phi) is 6.61. The van der Waals surface area contributed by atoms with E-state index in [4.69, 9.17) is 23.2 Å². The number of methoxy groups -OCH3 is 1. The molecule has 1 amide bonds. The first-order chi connectivity index (χ1) is 12.4. The Morgan fingerprint density at radius 3 is 2.46 bits per heavy atom. The fourth-order valence-electron chi connectivity index (χ4n) is 1.91. The van der Waals surface area contributed by atoms with Crippen LogP contribution >= 0.6 is 23.2 Å². The number of carbonyl (C=O) groups is 2. The Bertz CT molecular complexity index is 903. The summed E-state index contributed by atoms with van der Waals surface area (Å²) in [4.78, 5) is 23.6. The number of esters is 1. The van der Waals surface area contributed by atoms with Gasteiger partial charge >= 0.3 is 5.97 Å². The van der Waals surface area contributed by atoms with Crippen LogP contribution in [0, 0.1) is 11.3 Å². The molecule has 0 aliphatic rings. The summed E-state index contributed by atoms with van der Waals surface area (Å²) in [6, 6.07) is 12.7. The van der Waals surface area contributed by atoms with Crippen LogP contribution in [0.3, 0.4) is 0 Å². The van der Waals surface area contributed by atoms with Gasteiger partial charge in [-0.1, -0.05) is 23.2 Å². The number of amides is 1. The van der Waals surface area contributed by atoms with E-state index in [0.717, 1.165) is 0 Å². The van der Waals surface area contributed by atoms with Gasteiger partial charge in [0.15, 0.2) is 0 Å². The van der Waals surface area contributed by atoms with E-state index >= 15 is 0 Å². The van der Waals surface area contributed by atoms with Crippen LogP contribution in [0.2, 0.25) is 10.0 Å². The van der Waals surface area contributed by atoms with Gasteiger partial charge in [-0.2, -0.15) is 5.26 Å². The molecule has 0 aliphatic carbocycles. The van der Waals surface area contributed by atoms with Crippen LogP contribution in [-0.4, -0.2) is 19.0 Å². The van der Waals surface area contributed by atoms with Crippen molar-refractivity contribution in [1.82, 2.24) is 0 Å². The van der Waals surface area contributed by atoms with Gasteiger partial charge in [-0.3, -0.25) is 4.79 Å². The Hall–Kier alpha value is -3.01. The van der Waals surface area contributed by atoms with Gasteiger partial charge in [0.2, 0.25) is 0 Å². The summed E-state index contributed by atoms with van der Waals surface area (Å²) >= 11 is 11.8. The Labute approximate surface area is 160 Å². The highest BCUT2D eigenvalue weighted by atomic mass is 35.5. The highest BCUT2D eigenvalue weighted by molar-refractivity contribution is 6.36. The largest absolute Gasteiger partial charge is 0.465 e. The van der Waals surface area contributed by atoms with Crippen LogP contribution in [0.5, 0.6) is 0 Å². The minimum atomic E-state index is -0.643. The number of ether oxygens (including phenoxy) is 1. The molecule has 6 nitrogen and oxygen atoms in total. The molecule has 0 unspecified atom stereocenters. The first-order valence-electron chi connectivity index (χ1n) is 7.26. The lowest BCUT2D eigenvalue weighted by atomic mass is 10.2. The Balaban J connectivity index is 2.09. The average Bonchev–Trinajstić information content (AvgIpc) is 2.65. The smallest absolute Gasteiger partial charge is 0.337 e. The van der Waals surface area contributed by atoms with E-state index < -0.39 is 11.9 Å². The lowest BCUT2D eigenvalue weighted by Crippen LogP contribution is -2.14. The molecule has 2 aromatic carbocycles. The van der Waals surface area contributed by atoms with E-state index in [-0.39, 0.29) is 5.57 Å². The van der Waals surface area contributed by atoms with Crippen LogP contribution in [0.4, 0.5) is 11.4 Å². The Morgan fingerprint density at radius 2 is 1.85 bits per heavy atom. The van der Waals surface area contributed by atoms with Gasteiger partial charge in [0.1, 0.15) is 11.6 Å². The number of hydrogen-bond donors (Lipinski definition) is 2. The fraction of sp³-hybridized carbons (Fsp3) is 0.0556. The number of hydrogen-bond acceptors (Lipinski definition) is 5. The molecule has 0 saturated carbocycles. The van der Waals surface area contributed by atoms with Gasteiger partial charge in [-0.15, -0.1) is 0 Å². The van der Waals surface area contributed by atoms with E-state index in [1.165, 1.54) is 25.4 Å². The quantitative estimate of drug-likeness (QED) is 0.453. The maximum absolute atomic E-state index is 12.2. The summed E-state index contributed by atoms with van der Waals surface area (Å²) in [5, 5.41) is 15.2. The van der Waals surface area contributed by atoms with Gasteiger partial charge in [0, 0.05) is 16.9 Å². The maximum Gasteiger partial charge on any atom is 0.337 e. The van der Waals surface area contributed by atoms with Gasteiger partial charge in [0.25, 0.3) is 5.91 Å². The molecular weight excluding hydrogens is 377 g/mol. The lowest BCUT2D eigenvalue weighted by molar-refractivity contribution is -0.112. The molecular formula is C18H13Cl2N3O3. The first-order valence-corrected chi connectivity index (χ1v) is 8.01. The summed E-state index contributed by atoms with van der Waals surface area (Å²) in [7, 11) is 1.29. The van der Waals surface area contributed by atoms with Gasteiger partial charge < -0.3 is 15.4 Å². The van der Waals surface area contributed by atoms with Gasteiger partial charge in [-0.05, 0) is 42.5 Å². The minimum absolute atomic E-state index is 0.168. The number of nitriles is 1. The van der Waals surface area contributed by atoms with Crippen molar-refractivity contribution in [3.63, 3.8) is 0 Å². The van der Waals surface area contributed by atoms with E-state index in [9.17, 15) is 14.9 Å². The van der Waals surface area contributed by atoms with E-state index in [1.807, 2.05) is 0 Å². The van der Waals surface area contributed by atoms with Crippen LogP contribution in [0.15, 0.2) is 54.2 Å². The molecule has 2 rings (SSSR count). The van der Waals surface area contributed by atoms with Crippen LogP contribution < -0.4 is 10.6 Å². The number of anilines is 2. The van der Waals surface area contributed by atoms with Crippen molar-refractivity contribution in [3.05, 3.63) is 69.8 Å². The summed E-state index contributed by atoms with van der Waals surface area (Å²) in [6.07, 6.45) is 1.25. The van der Waals surface area contributed by atoms with Crippen molar-refractivity contribution in [2.75, 3.05) is 17.7 Å². The number of benzene rings is 2. The van der Waals surface area contributed by atoms with Crippen molar-refractivity contribution >= 4 is 46.5 Å². The number of carbonyl (C=O) groups excluding carboxylic acids is 2. The summed E-state index contributed by atoms with van der Waals surface area (Å²) < 4.78 is 4.61. The molecule has 26 heavy (non-hydrogen) atoms. The van der Waals surface area contributed by atoms with Crippen molar-refractivity contribution in [2.45, 2.75) is 0 Å². The van der Waals surface area contributed by atoms with E-state index in [2.05, 4.69) is 15.4 Å². The van der Waals surface area contributed by atoms with Crippen LogP contribution in [-0.2, 0) is 9.53 Å². The molecule has 0 aromatic heterocycles. The molecule has 2 aromatic rings. The molecule has 0 spiro atoms. The molecule has 0 heterocycles. The predicted molar refractivity (Wildman–Crippen MR) is 100 cm³/mol. The molecule has 2 N–H and O–H groups in total. The SMILES string of the molecule is COC(=O)c1ccc(N/C=C(/C#N)C(=O)Nc2cc(Cl)ccc2Cl)cc1.